The Hall–Kier alpha value is -3.09. The van der Waals surface area contributed by atoms with E-state index < -0.39 is 0 Å². The van der Waals surface area contributed by atoms with Crippen LogP contribution in [0.4, 0.5) is 0 Å². The molecule has 51 heavy (non-hydrogen) atoms. The van der Waals surface area contributed by atoms with Gasteiger partial charge in [0.05, 0.1) is 27.8 Å². The van der Waals surface area contributed by atoms with Crippen LogP contribution in [0, 0.1) is 20.8 Å². The fourth-order valence-electron chi connectivity index (χ4n) is 4.01. The molecule has 0 aromatic heterocycles. The van der Waals surface area contributed by atoms with Crippen molar-refractivity contribution in [2.75, 3.05) is 0 Å². The van der Waals surface area contributed by atoms with Crippen LogP contribution < -0.4 is 4.74 Å². The van der Waals surface area contributed by atoms with Crippen LogP contribution >= 0.6 is 82.6 Å². The van der Waals surface area contributed by atoms with Gasteiger partial charge in [0.2, 0.25) is 0 Å². The highest BCUT2D eigenvalue weighted by Crippen LogP contribution is 2.33. The van der Waals surface area contributed by atoms with Gasteiger partial charge in [0.15, 0.2) is 12.6 Å². The number of ether oxygens (including phenoxy) is 1. The third kappa shape index (κ3) is 13.4. The lowest BCUT2D eigenvalue weighted by molar-refractivity contribution is 0.111. The van der Waals surface area contributed by atoms with Gasteiger partial charge >= 0.3 is 0 Å². The highest BCUT2D eigenvalue weighted by molar-refractivity contribution is 9.11. The smallest absolute Gasteiger partial charge is 0.153 e. The van der Waals surface area contributed by atoms with Crippen molar-refractivity contribution in [3.05, 3.63) is 147 Å². The fourth-order valence-corrected chi connectivity index (χ4v) is 5.92. The number of halogens is 6. The Morgan fingerprint density at radius 2 is 1.06 bits per heavy atom. The van der Waals surface area contributed by atoms with Crippen LogP contribution in [0.3, 0.4) is 0 Å². The van der Waals surface area contributed by atoms with Gasteiger partial charge in [0.1, 0.15) is 29.6 Å². The Bertz CT molecular complexity index is 1900. The predicted molar refractivity (Wildman–Crippen MR) is 215 cm³/mol. The molecular weight excluding hydrogens is 914 g/mol. The van der Waals surface area contributed by atoms with Crippen molar-refractivity contribution >= 4 is 95.2 Å². The molecule has 0 atom stereocenters. The lowest BCUT2D eigenvalue weighted by Gasteiger charge is -2.12. The molecule has 0 fully saturated rings. The number of phenols is 3. The van der Waals surface area contributed by atoms with E-state index in [1.54, 1.807) is 0 Å². The highest BCUT2D eigenvalue weighted by Gasteiger charge is 2.10. The second kappa shape index (κ2) is 22.1. The molecule has 270 valence electrons. The summed E-state index contributed by atoms with van der Waals surface area (Å²) in [6, 6.07) is 22.6. The van der Waals surface area contributed by atoms with E-state index in [1.807, 2.05) is 68.4 Å². The van der Waals surface area contributed by atoms with Crippen LogP contribution in [0.5, 0.6) is 23.0 Å². The summed E-state index contributed by atoms with van der Waals surface area (Å²) in [6.45, 7) is 6.46. The van der Waals surface area contributed by atoms with E-state index in [4.69, 9.17) is 54.9 Å². The van der Waals surface area contributed by atoms with Crippen molar-refractivity contribution in [3.63, 3.8) is 0 Å². The molecule has 0 saturated heterocycles. The molecule has 0 amide bonds. The second-order valence-corrected chi connectivity index (χ2v) is 14.2. The van der Waals surface area contributed by atoms with Gasteiger partial charge in [-0.05, 0) is 84.5 Å². The van der Waals surface area contributed by atoms with Gasteiger partial charge in [-0.15, -0.1) is 11.6 Å². The fraction of sp³-hybridized carbons (Fsp3) is 0.158. The minimum atomic E-state index is -0.276. The van der Waals surface area contributed by atoms with Crippen LogP contribution in [0.25, 0.3) is 0 Å². The zero-order chi connectivity index (χ0) is 38.2. The summed E-state index contributed by atoms with van der Waals surface area (Å²) < 4.78 is 8.80. The van der Waals surface area contributed by atoms with Gasteiger partial charge in [-0.25, -0.2) is 0 Å². The number of rotatable bonds is 7. The number of hydrogen-bond donors (Lipinski definition) is 4. The topological polar surface area (TPSA) is 124 Å². The Labute approximate surface area is 337 Å². The van der Waals surface area contributed by atoms with E-state index in [0.717, 1.165) is 41.7 Å². The Balaban J connectivity index is 0.000000250. The SMILES string of the molecule is Cc1c(Br)cccc1CCl.Cc1c(Br)cccc1CO.Cc1c(Br)cccc1COc1cc(O)c(C=O)cc1Cl.O=Cc1cc(Cl)c(O)cc1O. The number of aldehydes is 2. The van der Waals surface area contributed by atoms with E-state index in [9.17, 15) is 14.7 Å². The van der Waals surface area contributed by atoms with E-state index in [2.05, 4.69) is 54.7 Å². The lowest BCUT2D eigenvalue weighted by Crippen LogP contribution is -1.99. The molecule has 5 aromatic rings. The molecule has 0 aliphatic rings. The van der Waals surface area contributed by atoms with Gasteiger partial charge in [0, 0.05) is 31.4 Å². The summed E-state index contributed by atoms with van der Waals surface area (Å²) in [7, 11) is 0. The quantitative estimate of drug-likeness (QED) is 0.0946. The third-order valence-electron chi connectivity index (χ3n) is 7.27. The van der Waals surface area contributed by atoms with Gasteiger partial charge < -0.3 is 25.2 Å². The lowest BCUT2D eigenvalue weighted by atomic mass is 10.1. The maximum Gasteiger partial charge on any atom is 0.153 e. The number of hydrogen-bond acceptors (Lipinski definition) is 7. The zero-order valence-electron chi connectivity index (χ0n) is 27.6. The molecule has 0 heterocycles. The number of alkyl halides is 1. The first-order chi connectivity index (χ1) is 24.2. The average Bonchev–Trinajstić information content (AvgIpc) is 3.11. The molecule has 5 rings (SSSR count). The molecule has 0 aliphatic carbocycles. The maximum atomic E-state index is 10.7. The van der Waals surface area contributed by atoms with Crippen LogP contribution in [-0.2, 0) is 19.1 Å². The van der Waals surface area contributed by atoms with Gasteiger partial charge in [-0.3, -0.25) is 9.59 Å². The van der Waals surface area contributed by atoms with E-state index in [0.29, 0.717) is 30.8 Å². The van der Waals surface area contributed by atoms with Crippen molar-refractivity contribution in [3.8, 4) is 23.0 Å². The number of phenolic OH excluding ortho intramolecular Hbond substituents is 3. The molecule has 0 unspecified atom stereocenters. The van der Waals surface area contributed by atoms with Crippen LogP contribution in [0.1, 0.15) is 54.1 Å². The summed E-state index contributed by atoms with van der Waals surface area (Å²) in [6.07, 6.45) is 1.00. The molecule has 0 radical (unpaired) electrons. The summed E-state index contributed by atoms with van der Waals surface area (Å²) in [4.78, 5) is 20.9. The predicted octanol–water partition coefficient (Wildman–Crippen LogP) is 11.8. The van der Waals surface area contributed by atoms with Crippen molar-refractivity contribution in [1.82, 2.24) is 0 Å². The molecule has 4 N–H and O–H groups in total. The molecule has 0 bridgehead atoms. The highest BCUT2D eigenvalue weighted by atomic mass is 79.9. The summed E-state index contributed by atoms with van der Waals surface area (Å²) in [5, 5.41) is 36.7. The van der Waals surface area contributed by atoms with Gasteiger partial charge in [0.25, 0.3) is 0 Å². The number of benzene rings is 5. The van der Waals surface area contributed by atoms with Gasteiger partial charge in [-0.1, -0.05) is 107 Å². The van der Waals surface area contributed by atoms with Crippen LogP contribution in [0.15, 0.2) is 92.3 Å². The molecule has 13 heteroatoms. The number of carbonyl (C=O) groups excluding carboxylic acids is 2. The number of aliphatic hydroxyl groups is 1. The first-order valence-electron chi connectivity index (χ1n) is 14.8. The molecule has 0 aliphatic heterocycles. The Morgan fingerprint density at radius 1 is 0.627 bits per heavy atom. The van der Waals surface area contributed by atoms with Crippen molar-refractivity contribution in [1.29, 1.82) is 0 Å². The number of carbonyl (C=O) groups is 2. The molecule has 0 spiro atoms. The Morgan fingerprint density at radius 3 is 1.51 bits per heavy atom. The van der Waals surface area contributed by atoms with Gasteiger partial charge in [-0.2, -0.15) is 0 Å². The molecule has 5 aromatic carbocycles. The van der Waals surface area contributed by atoms with Crippen LogP contribution in [-0.4, -0.2) is 33.0 Å². The van der Waals surface area contributed by atoms with Crippen molar-refractivity contribution < 1.29 is 34.8 Å². The minimum Gasteiger partial charge on any atom is -0.507 e. The zero-order valence-corrected chi connectivity index (χ0v) is 34.6. The van der Waals surface area contributed by atoms with E-state index in [-0.39, 0.29) is 45.0 Å². The summed E-state index contributed by atoms with van der Waals surface area (Å²) in [5.74, 6) is 0.266. The first-order valence-corrected chi connectivity index (χ1v) is 18.5. The summed E-state index contributed by atoms with van der Waals surface area (Å²) >= 11 is 27.4. The monoisotopic (exact) mass is 944 g/mol. The average molecular weight is 949 g/mol. The first kappa shape index (κ1) is 44.1. The molecule has 7 nitrogen and oxygen atoms in total. The normalized spacial score (nSPS) is 10.0. The Kier molecular flexibility index (Phi) is 19.1. The number of aromatic hydroxyl groups is 3. The number of aliphatic hydroxyl groups excluding tert-OH is 1. The second-order valence-electron chi connectivity index (χ2n) is 10.6. The molecule has 0 saturated carbocycles. The molecular formula is C38H34Br3Cl3O7. The van der Waals surface area contributed by atoms with Crippen LogP contribution in [0.2, 0.25) is 10.0 Å². The maximum absolute atomic E-state index is 10.7. The third-order valence-corrected chi connectivity index (χ3v) is 10.7. The summed E-state index contributed by atoms with van der Waals surface area (Å²) in [5.41, 5.74) is 6.81. The minimum absolute atomic E-state index is 0.0462. The van der Waals surface area contributed by atoms with Crippen molar-refractivity contribution in [2.45, 2.75) is 39.9 Å². The largest absolute Gasteiger partial charge is 0.507 e. The standard InChI is InChI=1S/C15H12BrClO3.C8H8BrCl.C8H9BrO.C7H5ClO3/c1-9-10(3-2-4-12(9)16)8-20-15-6-14(19)11(7-18)5-13(15)17;2*1-6-7(5-10)3-2-4-8(6)9;8-5-1-4(3-9)6(10)2-7(5)11/h2-7,19H,8H2,1H3;2-4H,5H2,1H3;2-4,10H,5H2,1H3;1-3,10-11H. The van der Waals surface area contributed by atoms with Crippen molar-refractivity contribution in [2.24, 2.45) is 0 Å². The van der Waals surface area contributed by atoms with E-state index in [1.165, 1.54) is 29.3 Å². The van der Waals surface area contributed by atoms with E-state index >= 15 is 0 Å².